The standard InChI is InChI=1S/C29H27F3N6O3/c30-23-14-21(15-24(31)27(23)32)25-5-6-26(39)38(36-25)18-19-3-1-4-20(13-19)28-34-16-22(17-35-28)29(40)33-7-2-8-37-9-11-41-12-10-37/h1,3-6,13-17H,2,7-12,18H2,(H,33,40). The van der Waals surface area contributed by atoms with Crippen molar-refractivity contribution in [1.29, 1.82) is 0 Å². The van der Waals surface area contributed by atoms with Gasteiger partial charge >= 0.3 is 0 Å². The van der Waals surface area contributed by atoms with E-state index in [4.69, 9.17) is 4.74 Å². The molecule has 1 N–H and O–H groups in total. The van der Waals surface area contributed by atoms with E-state index in [2.05, 4.69) is 25.3 Å². The van der Waals surface area contributed by atoms with Crippen LogP contribution < -0.4 is 10.9 Å². The maximum absolute atomic E-state index is 13.7. The van der Waals surface area contributed by atoms with Crippen LogP contribution in [-0.2, 0) is 11.3 Å². The van der Waals surface area contributed by atoms with Crippen LogP contribution in [0.25, 0.3) is 22.6 Å². The Hall–Kier alpha value is -4.42. The molecular weight excluding hydrogens is 537 g/mol. The monoisotopic (exact) mass is 564 g/mol. The summed E-state index contributed by atoms with van der Waals surface area (Å²) >= 11 is 0. The number of hydrogen-bond acceptors (Lipinski definition) is 7. The third-order valence-electron chi connectivity index (χ3n) is 6.62. The minimum Gasteiger partial charge on any atom is -0.379 e. The number of nitrogens with zero attached hydrogens (tertiary/aromatic N) is 5. The van der Waals surface area contributed by atoms with Crippen molar-refractivity contribution in [3.63, 3.8) is 0 Å². The van der Waals surface area contributed by atoms with Crippen molar-refractivity contribution in [1.82, 2.24) is 30.0 Å². The molecule has 0 spiro atoms. The quantitative estimate of drug-likeness (QED) is 0.246. The van der Waals surface area contributed by atoms with Crippen LogP contribution in [-0.4, -0.2) is 69.9 Å². The Bertz CT molecular complexity index is 1570. The summed E-state index contributed by atoms with van der Waals surface area (Å²) in [5.74, 6) is -4.13. The minimum atomic E-state index is -1.57. The van der Waals surface area contributed by atoms with Gasteiger partial charge in [0.15, 0.2) is 23.3 Å². The van der Waals surface area contributed by atoms with Crippen LogP contribution >= 0.6 is 0 Å². The predicted molar refractivity (Wildman–Crippen MR) is 145 cm³/mol. The van der Waals surface area contributed by atoms with Gasteiger partial charge in [-0.25, -0.2) is 27.8 Å². The molecule has 1 saturated heterocycles. The second-order valence-corrected chi connectivity index (χ2v) is 9.53. The fourth-order valence-electron chi connectivity index (χ4n) is 4.43. The zero-order chi connectivity index (χ0) is 28.8. The Labute approximate surface area is 233 Å². The van der Waals surface area contributed by atoms with E-state index in [1.807, 2.05) is 0 Å². The Balaban J connectivity index is 1.23. The van der Waals surface area contributed by atoms with Gasteiger partial charge in [-0.2, -0.15) is 5.10 Å². The van der Waals surface area contributed by atoms with Crippen LogP contribution in [0.4, 0.5) is 13.2 Å². The molecule has 12 heteroatoms. The molecular formula is C29H27F3N6O3. The first-order chi connectivity index (χ1) is 19.9. The highest BCUT2D eigenvalue weighted by Gasteiger charge is 2.14. The lowest BCUT2D eigenvalue weighted by atomic mass is 10.1. The van der Waals surface area contributed by atoms with Gasteiger partial charge in [-0.15, -0.1) is 0 Å². The normalized spacial score (nSPS) is 13.7. The highest BCUT2D eigenvalue weighted by Crippen LogP contribution is 2.22. The molecule has 5 rings (SSSR count). The number of nitrogens with one attached hydrogen (secondary N) is 1. The van der Waals surface area contributed by atoms with Gasteiger partial charge in [-0.3, -0.25) is 14.5 Å². The molecule has 0 unspecified atom stereocenters. The van der Waals surface area contributed by atoms with E-state index >= 15 is 0 Å². The molecule has 0 radical (unpaired) electrons. The molecule has 4 aromatic rings. The number of benzene rings is 2. The number of halogens is 3. The van der Waals surface area contributed by atoms with Gasteiger partial charge in [0.2, 0.25) is 0 Å². The van der Waals surface area contributed by atoms with E-state index in [1.165, 1.54) is 24.5 Å². The summed E-state index contributed by atoms with van der Waals surface area (Å²) in [6.45, 7) is 4.78. The topological polar surface area (TPSA) is 102 Å². The minimum absolute atomic E-state index is 0.00136. The first-order valence-corrected chi connectivity index (χ1v) is 13.1. The summed E-state index contributed by atoms with van der Waals surface area (Å²) in [5, 5.41) is 7.09. The van der Waals surface area contributed by atoms with Crippen molar-refractivity contribution < 1.29 is 22.7 Å². The third-order valence-corrected chi connectivity index (χ3v) is 6.62. The third kappa shape index (κ3) is 7.02. The van der Waals surface area contributed by atoms with Crippen LogP contribution in [0.2, 0.25) is 0 Å². The largest absolute Gasteiger partial charge is 0.379 e. The summed E-state index contributed by atoms with van der Waals surface area (Å²) in [5.41, 5.74) is 1.37. The molecule has 2 aromatic heterocycles. The average molecular weight is 565 g/mol. The Kier molecular flexibility index (Phi) is 8.80. The molecule has 0 aliphatic carbocycles. The molecule has 212 valence electrons. The van der Waals surface area contributed by atoms with Gasteiger partial charge in [0.25, 0.3) is 11.5 Å². The predicted octanol–water partition coefficient (Wildman–Crippen LogP) is 3.29. The van der Waals surface area contributed by atoms with Crippen molar-refractivity contribution in [3.05, 3.63) is 99.9 Å². The zero-order valence-corrected chi connectivity index (χ0v) is 22.0. The van der Waals surface area contributed by atoms with Crippen LogP contribution in [0.3, 0.4) is 0 Å². The van der Waals surface area contributed by atoms with Crippen molar-refractivity contribution >= 4 is 5.91 Å². The van der Waals surface area contributed by atoms with Crippen molar-refractivity contribution in [2.24, 2.45) is 0 Å². The molecule has 9 nitrogen and oxygen atoms in total. The molecule has 1 fully saturated rings. The Morgan fingerprint density at radius 2 is 1.68 bits per heavy atom. The maximum atomic E-state index is 13.7. The molecule has 1 aliphatic heterocycles. The van der Waals surface area contributed by atoms with Crippen LogP contribution in [0.1, 0.15) is 22.3 Å². The lowest BCUT2D eigenvalue weighted by molar-refractivity contribution is 0.0374. The summed E-state index contributed by atoms with van der Waals surface area (Å²) in [4.78, 5) is 35.9. The number of rotatable bonds is 9. The van der Waals surface area contributed by atoms with E-state index in [0.29, 0.717) is 29.1 Å². The molecule has 1 aliphatic rings. The van der Waals surface area contributed by atoms with E-state index in [9.17, 15) is 22.8 Å². The SMILES string of the molecule is O=C(NCCCN1CCOCC1)c1cnc(-c2cccc(Cn3nc(-c4cc(F)c(F)c(F)c4)ccc3=O)c2)nc1. The Morgan fingerprint density at radius 3 is 2.41 bits per heavy atom. The average Bonchev–Trinajstić information content (AvgIpc) is 2.99. The Morgan fingerprint density at radius 1 is 0.951 bits per heavy atom. The molecule has 0 bridgehead atoms. The van der Waals surface area contributed by atoms with E-state index in [-0.39, 0.29) is 23.7 Å². The first-order valence-electron chi connectivity index (χ1n) is 13.1. The number of morpholine rings is 1. The van der Waals surface area contributed by atoms with Crippen LogP contribution in [0.5, 0.6) is 0 Å². The number of hydrogen-bond donors (Lipinski definition) is 1. The highest BCUT2D eigenvalue weighted by atomic mass is 19.2. The molecule has 41 heavy (non-hydrogen) atoms. The number of carbonyl (C=O) groups excluding carboxylic acids is 1. The summed E-state index contributed by atoms with van der Waals surface area (Å²) < 4.78 is 47.3. The van der Waals surface area contributed by atoms with Gasteiger partial charge in [-0.1, -0.05) is 18.2 Å². The molecule has 0 atom stereocenters. The van der Waals surface area contributed by atoms with Gasteiger partial charge in [0, 0.05) is 49.2 Å². The van der Waals surface area contributed by atoms with E-state index in [0.717, 1.165) is 56.1 Å². The van der Waals surface area contributed by atoms with Gasteiger partial charge < -0.3 is 10.1 Å². The fraction of sp³-hybridized carbons (Fsp3) is 0.276. The molecule has 0 saturated carbocycles. The van der Waals surface area contributed by atoms with E-state index < -0.39 is 23.0 Å². The maximum Gasteiger partial charge on any atom is 0.267 e. The summed E-state index contributed by atoms with van der Waals surface area (Å²) in [6.07, 6.45) is 3.75. The van der Waals surface area contributed by atoms with Crippen molar-refractivity contribution in [3.8, 4) is 22.6 Å². The lowest BCUT2D eigenvalue weighted by Gasteiger charge is -2.26. The molecule has 2 aromatic carbocycles. The summed E-state index contributed by atoms with van der Waals surface area (Å²) in [7, 11) is 0. The fourth-order valence-corrected chi connectivity index (χ4v) is 4.43. The van der Waals surface area contributed by atoms with Crippen molar-refractivity contribution in [2.75, 3.05) is 39.4 Å². The number of carbonyl (C=O) groups is 1. The second kappa shape index (κ2) is 12.8. The number of aromatic nitrogens is 4. The number of ether oxygens (including phenoxy) is 1. The highest BCUT2D eigenvalue weighted by molar-refractivity contribution is 5.93. The second-order valence-electron chi connectivity index (χ2n) is 9.53. The van der Waals surface area contributed by atoms with Gasteiger partial charge in [0.05, 0.1) is 31.0 Å². The van der Waals surface area contributed by atoms with Gasteiger partial charge in [0.1, 0.15) is 0 Å². The zero-order valence-electron chi connectivity index (χ0n) is 22.0. The molecule has 3 heterocycles. The van der Waals surface area contributed by atoms with Gasteiger partial charge in [-0.05, 0) is 42.8 Å². The van der Waals surface area contributed by atoms with Crippen molar-refractivity contribution in [2.45, 2.75) is 13.0 Å². The smallest absolute Gasteiger partial charge is 0.267 e. The van der Waals surface area contributed by atoms with E-state index in [1.54, 1.807) is 24.3 Å². The lowest BCUT2D eigenvalue weighted by Crippen LogP contribution is -2.38. The summed E-state index contributed by atoms with van der Waals surface area (Å²) in [6, 6.07) is 11.3. The number of amides is 1. The molecule has 1 amide bonds. The van der Waals surface area contributed by atoms with Crippen LogP contribution in [0.15, 0.2) is 65.7 Å². The van der Waals surface area contributed by atoms with Crippen LogP contribution in [0, 0.1) is 17.5 Å². The first kappa shape index (κ1) is 28.1.